The van der Waals surface area contributed by atoms with Gasteiger partial charge in [0.1, 0.15) is 35.2 Å². The van der Waals surface area contributed by atoms with Gasteiger partial charge in [0.15, 0.2) is 11.3 Å². The molecule has 0 radical (unpaired) electrons. The Morgan fingerprint density at radius 3 is 2.76 bits per heavy atom. The van der Waals surface area contributed by atoms with Crippen molar-refractivity contribution in [2.75, 3.05) is 26.9 Å². The third-order valence-electron chi connectivity index (χ3n) is 4.06. The average Bonchev–Trinajstić information content (AvgIpc) is 3.44. The first kappa shape index (κ1) is 15.8. The summed E-state index contributed by atoms with van der Waals surface area (Å²) in [5, 5.41) is 0.852. The molecule has 1 aliphatic heterocycles. The summed E-state index contributed by atoms with van der Waals surface area (Å²) in [4.78, 5) is 13.0. The van der Waals surface area contributed by atoms with Gasteiger partial charge in [0, 0.05) is 12.1 Å². The Morgan fingerprint density at radius 1 is 1.20 bits per heavy atom. The molecule has 0 saturated carbocycles. The Labute approximate surface area is 143 Å². The number of epoxide rings is 1. The van der Waals surface area contributed by atoms with Crippen LogP contribution in [0.1, 0.15) is 6.92 Å². The number of rotatable bonds is 6. The molecule has 0 amide bonds. The van der Waals surface area contributed by atoms with Crippen molar-refractivity contribution in [3.8, 4) is 17.2 Å². The van der Waals surface area contributed by atoms with Gasteiger partial charge < -0.3 is 23.4 Å². The van der Waals surface area contributed by atoms with Gasteiger partial charge in [-0.05, 0) is 19.1 Å². The molecule has 0 N–H and O–H groups in total. The largest absolute Gasteiger partial charge is 0.493 e. The van der Waals surface area contributed by atoms with Crippen molar-refractivity contribution >= 4 is 21.9 Å². The maximum Gasteiger partial charge on any atom is 0.204 e. The number of ether oxygens (including phenoxy) is 4. The molecule has 6 heteroatoms. The predicted molar refractivity (Wildman–Crippen MR) is 92.9 cm³/mol. The van der Waals surface area contributed by atoms with Crippen LogP contribution in [0.25, 0.3) is 21.9 Å². The lowest BCUT2D eigenvalue weighted by atomic mass is 10.1. The van der Waals surface area contributed by atoms with Crippen LogP contribution in [0.15, 0.2) is 39.5 Å². The van der Waals surface area contributed by atoms with Gasteiger partial charge in [-0.25, -0.2) is 0 Å². The number of fused-ring (bicyclic) bond motifs is 2. The first-order chi connectivity index (χ1) is 12.2. The second-order valence-corrected chi connectivity index (χ2v) is 5.76. The molecule has 25 heavy (non-hydrogen) atoms. The molecule has 0 bridgehead atoms. The fraction of sp³-hybridized carbons (Fsp3) is 0.316. The van der Waals surface area contributed by atoms with Gasteiger partial charge in [0.25, 0.3) is 0 Å². The van der Waals surface area contributed by atoms with Crippen LogP contribution in [0, 0.1) is 0 Å². The van der Waals surface area contributed by atoms with Gasteiger partial charge in [0.05, 0.1) is 25.7 Å². The van der Waals surface area contributed by atoms with Gasteiger partial charge in [0.2, 0.25) is 5.43 Å². The van der Waals surface area contributed by atoms with E-state index in [1.807, 2.05) is 6.92 Å². The van der Waals surface area contributed by atoms with Crippen LogP contribution < -0.4 is 19.6 Å². The summed E-state index contributed by atoms with van der Waals surface area (Å²) >= 11 is 0. The fourth-order valence-corrected chi connectivity index (χ4v) is 2.78. The van der Waals surface area contributed by atoms with Gasteiger partial charge in [-0.15, -0.1) is 0 Å². The summed E-state index contributed by atoms with van der Waals surface area (Å²) in [6.45, 7) is 3.46. The van der Waals surface area contributed by atoms with Crippen LogP contribution in [0.5, 0.6) is 17.2 Å². The standard InChI is InChI=1S/C19H18O6/c1-3-22-15-7-11(23-9-12-10-24-12)8-16-17(15)18(20)13-5-4-6-14(21-2)19(13)25-16/h4-8,12H,3,9-10H2,1-2H3. The molecular formula is C19H18O6. The first-order valence-electron chi connectivity index (χ1n) is 8.16. The van der Waals surface area contributed by atoms with E-state index in [1.165, 1.54) is 0 Å². The Hall–Kier alpha value is -2.73. The quantitative estimate of drug-likeness (QED) is 0.506. The number of hydrogen-bond acceptors (Lipinski definition) is 6. The predicted octanol–water partition coefficient (Wildman–Crippen LogP) is 3.13. The molecule has 4 rings (SSSR count). The Balaban J connectivity index is 1.94. The van der Waals surface area contributed by atoms with Gasteiger partial charge in [-0.2, -0.15) is 0 Å². The van der Waals surface area contributed by atoms with Crippen molar-refractivity contribution in [3.05, 3.63) is 40.6 Å². The summed E-state index contributed by atoms with van der Waals surface area (Å²) in [6.07, 6.45) is 0.134. The normalized spacial score (nSPS) is 16.2. The highest BCUT2D eigenvalue weighted by Crippen LogP contribution is 2.34. The van der Waals surface area contributed by atoms with Crippen molar-refractivity contribution in [2.24, 2.45) is 0 Å². The minimum atomic E-state index is -0.157. The number of para-hydroxylation sites is 1. The average molecular weight is 342 g/mol. The zero-order chi connectivity index (χ0) is 17.4. The fourth-order valence-electron chi connectivity index (χ4n) is 2.78. The minimum Gasteiger partial charge on any atom is -0.493 e. The molecule has 1 atom stereocenters. The molecule has 1 aromatic heterocycles. The molecule has 1 aliphatic rings. The lowest BCUT2D eigenvalue weighted by Crippen LogP contribution is -2.08. The lowest BCUT2D eigenvalue weighted by molar-refractivity contribution is 0.261. The molecule has 2 aromatic carbocycles. The first-order valence-corrected chi connectivity index (χ1v) is 8.16. The monoisotopic (exact) mass is 342 g/mol. The maximum absolute atomic E-state index is 13.0. The van der Waals surface area contributed by atoms with Gasteiger partial charge in [-0.1, -0.05) is 6.07 Å². The van der Waals surface area contributed by atoms with E-state index in [4.69, 9.17) is 23.4 Å². The van der Waals surface area contributed by atoms with Crippen molar-refractivity contribution in [1.29, 1.82) is 0 Å². The van der Waals surface area contributed by atoms with Crippen molar-refractivity contribution in [2.45, 2.75) is 13.0 Å². The maximum atomic E-state index is 13.0. The number of benzene rings is 2. The highest BCUT2D eigenvalue weighted by Gasteiger charge is 2.24. The zero-order valence-electron chi connectivity index (χ0n) is 14.0. The van der Waals surface area contributed by atoms with Crippen molar-refractivity contribution in [1.82, 2.24) is 0 Å². The van der Waals surface area contributed by atoms with Crippen LogP contribution in [-0.4, -0.2) is 33.0 Å². The lowest BCUT2D eigenvalue weighted by Gasteiger charge is -2.12. The number of methoxy groups -OCH3 is 1. The number of hydrogen-bond donors (Lipinski definition) is 0. The van der Waals surface area contributed by atoms with E-state index < -0.39 is 0 Å². The van der Waals surface area contributed by atoms with Crippen LogP contribution >= 0.6 is 0 Å². The second kappa shape index (κ2) is 6.29. The summed E-state index contributed by atoms with van der Waals surface area (Å²) in [5.41, 5.74) is 0.656. The highest BCUT2D eigenvalue weighted by atomic mass is 16.6. The van der Waals surface area contributed by atoms with Crippen molar-refractivity contribution < 1.29 is 23.4 Å². The second-order valence-electron chi connectivity index (χ2n) is 5.76. The van der Waals surface area contributed by atoms with Crippen LogP contribution in [-0.2, 0) is 4.74 Å². The van der Waals surface area contributed by atoms with E-state index in [2.05, 4.69) is 0 Å². The van der Waals surface area contributed by atoms with E-state index in [9.17, 15) is 4.79 Å². The molecule has 1 saturated heterocycles. The molecule has 3 aromatic rings. The summed E-state index contributed by atoms with van der Waals surface area (Å²) in [7, 11) is 1.54. The summed E-state index contributed by atoms with van der Waals surface area (Å²) in [5.74, 6) is 1.53. The van der Waals surface area contributed by atoms with Crippen LogP contribution in [0.2, 0.25) is 0 Å². The minimum absolute atomic E-state index is 0.134. The highest BCUT2D eigenvalue weighted by molar-refractivity contribution is 5.95. The third-order valence-corrected chi connectivity index (χ3v) is 4.06. The van der Waals surface area contributed by atoms with E-state index >= 15 is 0 Å². The van der Waals surface area contributed by atoms with Gasteiger partial charge >= 0.3 is 0 Å². The molecule has 0 spiro atoms. The van der Waals surface area contributed by atoms with Crippen molar-refractivity contribution in [3.63, 3.8) is 0 Å². The molecule has 1 unspecified atom stereocenters. The molecule has 1 fully saturated rings. The van der Waals surface area contributed by atoms with E-state index in [0.717, 1.165) is 0 Å². The molecule has 130 valence electrons. The Bertz CT molecular complexity index is 987. The summed E-state index contributed by atoms with van der Waals surface area (Å²) in [6, 6.07) is 8.65. The molecular weight excluding hydrogens is 324 g/mol. The van der Waals surface area contributed by atoms with Crippen LogP contribution in [0.3, 0.4) is 0 Å². The Morgan fingerprint density at radius 2 is 2.04 bits per heavy atom. The van der Waals surface area contributed by atoms with E-state index in [0.29, 0.717) is 59.0 Å². The van der Waals surface area contributed by atoms with E-state index in [-0.39, 0.29) is 11.5 Å². The van der Waals surface area contributed by atoms with Gasteiger partial charge in [-0.3, -0.25) is 4.79 Å². The Kier molecular flexibility index (Phi) is 3.97. The molecule has 2 heterocycles. The topological polar surface area (TPSA) is 70.4 Å². The summed E-state index contributed by atoms with van der Waals surface area (Å²) < 4.78 is 27.9. The molecule has 0 aliphatic carbocycles. The zero-order valence-corrected chi connectivity index (χ0v) is 14.0. The smallest absolute Gasteiger partial charge is 0.204 e. The van der Waals surface area contributed by atoms with Crippen LogP contribution in [0.4, 0.5) is 0 Å². The third kappa shape index (κ3) is 2.89. The molecule has 6 nitrogen and oxygen atoms in total. The van der Waals surface area contributed by atoms with E-state index in [1.54, 1.807) is 37.4 Å². The SMILES string of the molecule is CCOc1cc(OCC2CO2)cc2oc3c(OC)cccc3c(=O)c12.